The Morgan fingerprint density at radius 2 is 2.14 bits per heavy atom. The van der Waals surface area contributed by atoms with Gasteiger partial charge in [-0.05, 0) is 46.3 Å². The highest BCUT2D eigenvalue weighted by Crippen LogP contribution is 2.38. The third-order valence-corrected chi connectivity index (χ3v) is 6.45. The van der Waals surface area contributed by atoms with Gasteiger partial charge in [0.1, 0.15) is 5.15 Å². The number of pyridine rings is 1. The zero-order valence-electron chi connectivity index (χ0n) is 14.9. The topological polar surface area (TPSA) is 46.4 Å². The van der Waals surface area contributed by atoms with E-state index < -0.39 is 23.3 Å². The second-order valence-electron chi connectivity index (χ2n) is 6.32. The Labute approximate surface area is 176 Å². The maximum atomic E-state index is 13.7. The first-order valence-electron chi connectivity index (χ1n) is 8.38. The van der Waals surface area contributed by atoms with Crippen molar-refractivity contribution in [2.24, 2.45) is 0 Å². The molecule has 4 nitrogen and oxygen atoms in total. The summed E-state index contributed by atoms with van der Waals surface area (Å²) in [6.07, 6.45) is -3.18. The lowest BCUT2D eigenvalue weighted by molar-refractivity contribution is -0.136. The molecule has 0 atom stereocenters. The van der Waals surface area contributed by atoms with E-state index in [1.54, 1.807) is 5.38 Å². The molecule has 0 aromatic carbocycles. The lowest BCUT2D eigenvalue weighted by Gasteiger charge is -2.11. The van der Waals surface area contributed by atoms with Gasteiger partial charge in [0.05, 0.1) is 12.1 Å². The van der Waals surface area contributed by atoms with Gasteiger partial charge in [-0.25, -0.2) is 4.98 Å². The molecule has 0 aliphatic heterocycles. The second-order valence-corrected chi connectivity index (χ2v) is 8.45. The Bertz CT molecular complexity index is 1200. The molecule has 10 heteroatoms. The standard InChI is InChI=1S/C19H13ClF3N3OS2/c1-10-8-28-9-13(10)11-5-14(19(21,22)23)17-25-15(16(20)26(17)7-11)18(27)24-6-12-3-2-4-29-12/h2-5,7-9H,6H2,1H3,(H,24,27). The summed E-state index contributed by atoms with van der Waals surface area (Å²) in [4.78, 5) is 17.3. The summed E-state index contributed by atoms with van der Waals surface area (Å²) in [6.45, 7) is 2.06. The van der Waals surface area contributed by atoms with Gasteiger partial charge >= 0.3 is 6.18 Å². The fourth-order valence-corrected chi connectivity index (χ4v) is 4.70. The number of amides is 1. The van der Waals surface area contributed by atoms with E-state index >= 15 is 0 Å². The molecule has 0 fully saturated rings. The molecule has 0 unspecified atom stereocenters. The van der Waals surface area contributed by atoms with Crippen LogP contribution in [0.2, 0.25) is 5.15 Å². The van der Waals surface area contributed by atoms with Crippen LogP contribution in [0.1, 0.15) is 26.5 Å². The van der Waals surface area contributed by atoms with E-state index in [2.05, 4.69) is 10.3 Å². The van der Waals surface area contributed by atoms with Crippen LogP contribution in [-0.4, -0.2) is 15.3 Å². The minimum absolute atomic E-state index is 0.163. The summed E-state index contributed by atoms with van der Waals surface area (Å²) < 4.78 is 42.3. The average molecular weight is 456 g/mol. The predicted octanol–water partition coefficient (Wildman–Crippen LogP) is 6.03. The van der Waals surface area contributed by atoms with Crippen molar-refractivity contribution < 1.29 is 18.0 Å². The van der Waals surface area contributed by atoms with Gasteiger partial charge in [0.2, 0.25) is 0 Å². The highest BCUT2D eigenvalue weighted by molar-refractivity contribution is 7.09. The van der Waals surface area contributed by atoms with Gasteiger partial charge in [0.25, 0.3) is 5.91 Å². The highest BCUT2D eigenvalue weighted by Gasteiger charge is 2.36. The molecule has 0 saturated carbocycles. The number of alkyl halides is 3. The highest BCUT2D eigenvalue weighted by atomic mass is 35.5. The van der Waals surface area contributed by atoms with Crippen LogP contribution in [0.5, 0.6) is 0 Å². The third kappa shape index (κ3) is 3.77. The molecule has 4 rings (SSSR count). The van der Waals surface area contributed by atoms with Crippen LogP contribution in [0.15, 0.2) is 40.5 Å². The fourth-order valence-electron chi connectivity index (χ4n) is 2.94. The second kappa shape index (κ2) is 7.47. The van der Waals surface area contributed by atoms with Crippen molar-refractivity contribution in [1.29, 1.82) is 0 Å². The first kappa shape index (κ1) is 19.9. The maximum absolute atomic E-state index is 13.7. The molecule has 4 aromatic rings. The predicted molar refractivity (Wildman–Crippen MR) is 109 cm³/mol. The number of nitrogens with zero attached hydrogens (tertiary/aromatic N) is 2. The van der Waals surface area contributed by atoms with Crippen molar-refractivity contribution in [2.75, 3.05) is 0 Å². The zero-order valence-corrected chi connectivity index (χ0v) is 17.3. The largest absolute Gasteiger partial charge is 0.420 e. The Morgan fingerprint density at radius 1 is 1.34 bits per heavy atom. The number of halogens is 4. The van der Waals surface area contributed by atoms with Crippen LogP contribution < -0.4 is 5.32 Å². The van der Waals surface area contributed by atoms with Crippen LogP contribution in [-0.2, 0) is 12.7 Å². The molecule has 0 saturated heterocycles. The van der Waals surface area contributed by atoms with E-state index in [4.69, 9.17) is 11.6 Å². The zero-order chi connectivity index (χ0) is 20.8. The molecule has 0 spiro atoms. The van der Waals surface area contributed by atoms with Crippen LogP contribution in [0.3, 0.4) is 0 Å². The van der Waals surface area contributed by atoms with Crippen LogP contribution in [0.4, 0.5) is 13.2 Å². The molecule has 0 bridgehead atoms. The van der Waals surface area contributed by atoms with Crippen LogP contribution >= 0.6 is 34.3 Å². The number of aryl methyl sites for hydroxylation is 1. The lowest BCUT2D eigenvalue weighted by atomic mass is 10.1. The van der Waals surface area contributed by atoms with Gasteiger partial charge in [-0.2, -0.15) is 24.5 Å². The third-order valence-electron chi connectivity index (χ3n) is 4.35. The van der Waals surface area contributed by atoms with Gasteiger partial charge in [-0.1, -0.05) is 17.7 Å². The smallest absolute Gasteiger partial charge is 0.346 e. The fraction of sp³-hybridized carbons (Fsp3) is 0.158. The monoisotopic (exact) mass is 455 g/mol. The molecule has 0 radical (unpaired) electrons. The van der Waals surface area contributed by atoms with Crippen molar-refractivity contribution in [3.05, 3.63) is 67.4 Å². The molecule has 1 N–H and O–H groups in total. The summed E-state index contributed by atoms with van der Waals surface area (Å²) in [7, 11) is 0. The quantitative estimate of drug-likeness (QED) is 0.408. The Hall–Kier alpha value is -2.36. The molecule has 29 heavy (non-hydrogen) atoms. The molecule has 4 heterocycles. The van der Waals surface area contributed by atoms with Gasteiger partial charge in [0.15, 0.2) is 11.3 Å². The molecular formula is C19H13ClF3N3OS2. The first-order chi connectivity index (χ1) is 13.8. The number of thiophene rings is 2. The van der Waals surface area contributed by atoms with Crippen molar-refractivity contribution in [1.82, 2.24) is 14.7 Å². The van der Waals surface area contributed by atoms with Gasteiger partial charge in [-0.15, -0.1) is 11.3 Å². The minimum Gasteiger partial charge on any atom is -0.346 e. The molecule has 4 aromatic heterocycles. The van der Waals surface area contributed by atoms with E-state index in [0.717, 1.165) is 20.9 Å². The van der Waals surface area contributed by atoms with Crippen molar-refractivity contribution >= 4 is 45.8 Å². The van der Waals surface area contributed by atoms with Gasteiger partial charge < -0.3 is 5.32 Å². The Kier molecular flexibility index (Phi) is 5.14. The number of rotatable bonds is 4. The number of hydrogen-bond donors (Lipinski definition) is 1. The molecule has 150 valence electrons. The first-order valence-corrected chi connectivity index (χ1v) is 10.6. The number of carbonyl (C=O) groups excluding carboxylic acids is 1. The number of hydrogen-bond acceptors (Lipinski definition) is 4. The van der Waals surface area contributed by atoms with Crippen molar-refractivity contribution in [2.45, 2.75) is 19.6 Å². The van der Waals surface area contributed by atoms with Crippen molar-refractivity contribution in [3.63, 3.8) is 0 Å². The van der Waals surface area contributed by atoms with Crippen molar-refractivity contribution in [3.8, 4) is 11.1 Å². The van der Waals surface area contributed by atoms with E-state index in [-0.39, 0.29) is 17.4 Å². The summed E-state index contributed by atoms with van der Waals surface area (Å²) in [6, 6.07) is 4.72. The molecule has 0 aliphatic rings. The number of nitrogens with one attached hydrogen (secondary N) is 1. The maximum Gasteiger partial charge on any atom is 0.420 e. The molecule has 1 amide bonds. The SMILES string of the molecule is Cc1cscc1-c1cc(C(F)(F)F)c2nc(C(=O)NCc3cccs3)c(Cl)n2c1. The van der Waals surface area contributed by atoms with Crippen LogP contribution in [0.25, 0.3) is 16.8 Å². The molecule has 0 aliphatic carbocycles. The van der Waals surface area contributed by atoms with E-state index in [1.165, 1.54) is 28.9 Å². The van der Waals surface area contributed by atoms with E-state index in [9.17, 15) is 18.0 Å². The minimum atomic E-state index is -4.65. The summed E-state index contributed by atoms with van der Waals surface area (Å²) in [5, 5.41) is 7.97. The number of carbonyl (C=O) groups is 1. The lowest BCUT2D eigenvalue weighted by Crippen LogP contribution is -2.23. The van der Waals surface area contributed by atoms with Gasteiger partial charge in [-0.3, -0.25) is 9.20 Å². The summed E-state index contributed by atoms with van der Waals surface area (Å²) in [5.41, 5.74) is 0.296. The Balaban J connectivity index is 1.81. The van der Waals surface area contributed by atoms with E-state index in [0.29, 0.717) is 11.1 Å². The Morgan fingerprint density at radius 3 is 2.76 bits per heavy atom. The van der Waals surface area contributed by atoms with E-state index in [1.807, 2.05) is 29.8 Å². The molecular weight excluding hydrogens is 443 g/mol. The number of fused-ring (bicyclic) bond motifs is 1. The van der Waals surface area contributed by atoms with Gasteiger partial charge in [0, 0.05) is 16.6 Å². The normalized spacial score (nSPS) is 11.9. The average Bonchev–Trinajstić information content (AvgIpc) is 3.39. The number of imidazole rings is 1. The number of aromatic nitrogens is 2. The summed E-state index contributed by atoms with van der Waals surface area (Å²) >= 11 is 9.14. The summed E-state index contributed by atoms with van der Waals surface area (Å²) in [5.74, 6) is -0.631. The van der Waals surface area contributed by atoms with Crippen LogP contribution in [0, 0.1) is 6.92 Å².